The Morgan fingerprint density at radius 1 is 1.23 bits per heavy atom. The van der Waals surface area contributed by atoms with Crippen LogP contribution >= 0.6 is 0 Å². The van der Waals surface area contributed by atoms with E-state index in [-0.39, 0.29) is 6.61 Å². The molecule has 1 aromatic heterocycles. The van der Waals surface area contributed by atoms with Crippen LogP contribution < -0.4 is 9.47 Å². The van der Waals surface area contributed by atoms with Crippen molar-refractivity contribution in [2.45, 2.75) is 26.9 Å². The quantitative estimate of drug-likeness (QED) is 0.812. The zero-order valence-electron chi connectivity index (χ0n) is 12.5. The predicted octanol–water partition coefficient (Wildman–Crippen LogP) is 2.81. The van der Waals surface area contributed by atoms with Crippen molar-refractivity contribution in [3.05, 3.63) is 40.8 Å². The van der Waals surface area contributed by atoms with Crippen LogP contribution in [0.2, 0.25) is 0 Å². The van der Waals surface area contributed by atoms with Gasteiger partial charge in [0.1, 0.15) is 12.4 Å². The van der Waals surface area contributed by atoms with E-state index < -0.39 is 5.97 Å². The highest BCUT2D eigenvalue weighted by Gasteiger charge is 2.16. The van der Waals surface area contributed by atoms with Crippen LogP contribution in [0.5, 0.6) is 11.5 Å². The van der Waals surface area contributed by atoms with E-state index >= 15 is 0 Å². The SMILES string of the molecule is Cc1noc(C)c1COC(=O)c1ccc2c(c1)OCCCO2. The number of rotatable bonds is 3. The smallest absolute Gasteiger partial charge is 0.338 e. The molecule has 6 heteroatoms. The molecule has 1 aliphatic heterocycles. The molecule has 0 amide bonds. The van der Waals surface area contributed by atoms with Gasteiger partial charge >= 0.3 is 5.97 Å². The number of aromatic nitrogens is 1. The Bertz CT molecular complexity index is 672. The van der Waals surface area contributed by atoms with Crippen LogP contribution in [0.25, 0.3) is 0 Å². The first-order chi connectivity index (χ1) is 10.6. The molecule has 22 heavy (non-hydrogen) atoms. The monoisotopic (exact) mass is 303 g/mol. The Labute approximate surface area is 128 Å². The summed E-state index contributed by atoms with van der Waals surface area (Å²) < 4.78 is 21.5. The van der Waals surface area contributed by atoms with Gasteiger partial charge in [-0.1, -0.05) is 5.16 Å². The molecule has 6 nitrogen and oxygen atoms in total. The molecular formula is C16H17NO5. The summed E-state index contributed by atoms with van der Waals surface area (Å²) in [4.78, 5) is 12.2. The third-order valence-corrected chi connectivity index (χ3v) is 3.51. The number of hydrogen-bond acceptors (Lipinski definition) is 6. The van der Waals surface area contributed by atoms with Crippen molar-refractivity contribution < 1.29 is 23.5 Å². The van der Waals surface area contributed by atoms with Crippen molar-refractivity contribution in [2.75, 3.05) is 13.2 Å². The number of aryl methyl sites for hydroxylation is 2. The van der Waals surface area contributed by atoms with Crippen LogP contribution in [0, 0.1) is 13.8 Å². The summed E-state index contributed by atoms with van der Waals surface area (Å²) in [5.41, 5.74) is 1.95. The van der Waals surface area contributed by atoms with Crippen LogP contribution in [0.1, 0.15) is 33.8 Å². The van der Waals surface area contributed by atoms with Gasteiger partial charge < -0.3 is 18.7 Å². The first-order valence-electron chi connectivity index (χ1n) is 7.13. The molecular weight excluding hydrogens is 286 g/mol. The molecule has 0 spiro atoms. The average Bonchev–Trinajstić information content (AvgIpc) is 2.73. The maximum Gasteiger partial charge on any atom is 0.338 e. The van der Waals surface area contributed by atoms with Gasteiger partial charge in [-0.05, 0) is 32.0 Å². The lowest BCUT2D eigenvalue weighted by molar-refractivity contribution is 0.0470. The van der Waals surface area contributed by atoms with Gasteiger partial charge in [-0.3, -0.25) is 0 Å². The number of esters is 1. The first kappa shape index (κ1) is 14.4. The molecule has 2 aromatic rings. The van der Waals surface area contributed by atoms with Crippen molar-refractivity contribution in [3.63, 3.8) is 0 Å². The highest BCUT2D eigenvalue weighted by atomic mass is 16.5. The summed E-state index contributed by atoms with van der Waals surface area (Å²) >= 11 is 0. The Morgan fingerprint density at radius 2 is 2.00 bits per heavy atom. The largest absolute Gasteiger partial charge is 0.490 e. The fourth-order valence-corrected chi connectivity index (χ4v) is 2.22. The molecule has 116 valence electrons. The number of ether oxygens (including phenoxy) is 3. The van der Waals surface area contributed by atoms with Crippen LogP contribution in [0.15, 0.2) is 22.7 Å². The molecule has 1 aliphatic rings. The fraction of sp³-hybridized carbons (Fsp3) is 0.375. The average molecular weight is 303 g/mol. The molecule has 2 heterocycles. The molecule has 1 aromatic carbocycles. The van der Waals surface area contributed by atoms with E-state index in [0.29, 0.717) is 36.0 Å². The normalized spacial score (nSPS) is 13.5. The number of carbonyl (C=O) groups excluding carboxylic acids is 1. The molecule has 3 rings (SSSR count). The molecule has 0 N–H and O–H groups in total. The van der Waals surface area contributed by atoms with Crippen LogP contribution in [0.4, 0.5) is 0 Å². The minimum Gasteiger partial charge on any atom is -0.490 e. The van der Waals surface area contributed by atoms with Gasteiger partial charge in [-0.2, -0.15) is 0 Å². The topological polar surface area (TPSA) is 70.8 Å². The maximum absolute atomic E-state index is 12.2. The van der Waals surface area contributed by atoms with E-state index in [9.17, 15) is 4.79 Å². The van der Waals surface area contributed by atoms with Gasteiger partial charge in [0.2, 0.25) is 0 Å². The predicted molar refractivity (Wildman–Crippen MR) is 77.1 cm³/mol. The van der Waals surface area contributed by atoms with Crippen LogP contribution in [-0.2, 0) is 11.3 Å². The zero-order valence-corrected chi connectivity index (χ0v) is 12.5. The van der Waals surface area contributed by atoms with Crippen molar-refractivity contribution in [3.8, 4) is 11.5 Å². The number of nitrogens with zero attached hydrogens (tertiary/aromatic N) is 1. The summed E-state index contributed by atoms with van der Waals surface area (Å²) in [6.45, 7) is 4.92. The Balaban J connectivity index is 1.71. The second-order valence-electron chi connectivity index (χ2n) is 5.09. The number of carbonyl (C=O) groups is 1. The summed E-state index contributed by atoms with van der Waals surface area (Å²) in [6.07, 6.45) is 0.820. The molecule has 0 aliphatic carbocycles. The van der Waals surface area contributed by atoms with E-state index in [4.69, 9.17) is 18.7 Å². The van der Waals surface area contributed by atoms with Crippen LogP contribution in [0.3, 0.4) is 0 Å². The summed E-state index contributed by atoms with van der Waals surface area (Å²) in [6, 6.07) is 5.05. The highest BCUT2D eigenvalue weighted by molar-refractivity contribution is 5.90. The zero-order chi connectivity index (χ0) is 15.5. The number of benzene rings is 1. The molecule has 0 saturated heterocycles. The fourth-order valence-electron chi connectivity index (χ4n) is 2.22. The van der Waals surface area contributed by atoms with E-state index in [1.54, 1.807) is 25.1 Å². The van der Waals surface area contributed by atoms with Gasteiger partial charge in [0, 0.05) is 6.42 Å². The lowest BCUT2D eigenvalue weighted by atomic mass is 10.2. The Kier molecular flexibility index (Phi) is 4.00. The number of hydrogen-bond donors (Lipinski definition) is 0. The van der Waals surface area contributed by atoms with E-state index in [1.165, 1.54) is 0 Å². The minimum atomic E-state index is -0.421. The van der Waals surface area contributed by atoms with Crippen molar-refractivity contribution in [1.82, 2.24) is 5.16 Å². The highest BCUT2D eigenvalue weighted by Crippen LogP contribution is 2.30. The molecule has 0 unspecified atom stereocenters. The van der Waals surface area contributed by atoms with E-state index in [2.05, 4.69) is 5.16 Å². The second kappa shape index (κ2) is 6.09. The molecule has 0 radical (unpaired) electrons. The number of fused-ring (bicyclic) bond motifs is 1. The maximum atomic E-state index is 12.2. The lowest BCUT2D eigenvalue weighted by Gasteiger charge is -2.09. The Morgan fingerprint density at radius 3 is 2.73 bits per heavy atom. The van der Waals surface area contributed by atoms with Gasteiger partial charge in [0.15, 0.2) is 11.5 Å². The third-order valence-electron chi connectivity index (χ3n) is 3.51. The summed E-state index contributed by atoms with van der Waals surface area (Å²) in [7, 11) is 0. The van der Waals surface area contributed by atoms with Gasteiger partial charge in [-0.25, -0.2) is 4.79 Å². The van der Waals surface area contributed by atoms with Gasteiger partial charge in [-0.15, -0.1) is 0 Å². The molecule has 0 bridgehead atoms. The van der Waals surface area contributed by atoms with Gasteiger partial charge in [0.25, 0.3) is 0 Å². The third kappa shape index (κ3) is 2.90. The summed E-state index contributed by atoms with van der Waals surface area (Å²) in [5.74, 6) is 1.46. The first-order valence-corrected chi connectivity index (χ1v) is 7.13. The lowest BCUT2D eigenvalue weighted by Crippen LogP contribution is -2.06. The van der Waals surface area contributed by atoms with Gasteiger partial charge in [0.05, 0.1) is 30.0 Å². The van der Waals surface area contributed by atoms with Crippen molar-refractivity contribution in [1.29, 1.82) is 0 Å². The standard InChI is InChI=1S/C16H17NO5/c1-10-13(11(2)22-17-10)9-21-16(18)12-4-5-14-15(8-12)20-7-3-6-19-14/h4-5,8H,3,6-7,9H2,1-2H3. The van der Waals surface area contributed by atoms with Crippen molar-refractivity contribution >= 4 is 5.97 Å². The van der Waals surface area contributed by atoms with E-state index in [0.717, 1.165) is 17.7 Å². The molecule has 0 saturated carbocycles. The molecule has 0 atom stereocenters. The summed E-state index contributed by atoms with van der Waals surface area (Å²) in [5, 5.41) is 3.83. The second-order valence-corrected chi connectivity index (χ2v) is 5.09. The minimum absolute atomic E-state index is 0.133. The molecule has 0 fully saturated rings. The van der Waals surface area contributed by atoms with Crippen LogP contribution in [-0.4, -0.2) is 24.3 Å². The van der Waals surface area contributed by atoms with Crippen molar-refractivity contribution in [2.24, 2.45) is 0 Å². The Hall–Kier alpha value is -2.50. The van der Waals surface area contributed by atoms with E-state index in [1.807, 2.05) is 6.92 Å².